The minimum absolute atomic E-state index is 0.0568. The number of benzene rings is 2. The van der Waals surface area contributed by atoms with Gasteiger partial charge in [-0.2, -0.15) is 0 Å². The van der Waals surface area contributed by atoms with Gasteiger partial charge < -0.3 is 4.74 Å². The van der Waals surface area contributed by atoms with Crippen molar-refractivity contribution in [2.45, 2.75) is 22.5 Å². The van der Waals surface area contributed by atoms with Crippen molar-refractivity contribution >= 4 is 66.8 Å². The fourth-order valence-electron chi connectivity index (χ4n) is 4.19. The summed E-state index contributed by atoms with van der Waals surface area (Å²) in [5.41, 5.74) is 0.317. The third-order valence-electron chi connectivity index (χ3n) is 5.99. The largest absolute Gasteiger partial charge is 0.454 e. The summed E-state index contributed by atoms with van der Waals surface area (Å²) >= 11 is 7.11. The molecule has 176 valence electrons. The first kappa shape index (κ1) is 24.2. The van der Waals surface area contributed by atoms with Crippen molar-refractivity contribution in [3.05, 3.63) is 69.8 Å². The lowest BCUT2D eigenvalue weighted by Gasteiger charge is -2.29. The number of imide groups is 1. The Morgan fingerprint density at radius 2 is 1.56 bits per heavy atom. The van der Waals surface area contributed by atoms with Crippen LogP contribution in [0.1, 0.15) is 33.6 Å². The van der Waals surface area contributed by atoms with Crippen LogP contribution in [0, 0.1) is 22.0 Å². The minimum atomic E-state index is -0.776. The monoisotopic (exact) mass is 592 g/mol. The zero-order valence-electron chi connectivity index (χ0n) is 17.6. The molecule has 0 bridgehead atoms. The average Bonchev–Trinajstić information content (AvgIpc) is 3.06. The lowest BCUT2D eigenvalue weighted by atomic mass is 9.81. The number of rotatable bonds is 6. The molecule has 2 aromatic carbocycles. The van der Waals surface area contributed by atoms with Crippen molar-refractivity contribution in [1.29, 1.82) is 0 Å². The van der Waals surface area contributed by atoms with Crippen LogP contribution >= 0.6 is 31.9 Å². The van der Waals surface area contributed by atoms with Crippen molar-refractivity contribution in [1.82, 2.24) is 0 Å². The molecule has 0 unspecified atom stereocenters. The Kier molecular flexibility index (Phi) is 6.94. The summed E-state index contributed by atoms with van der Waals surface area (Å²) in [6.45, 7) is -0.588. The van der Waals surface area contributed by atoms with E-state index in [2.05, 4.69) is 31.9 Å². The van der Waals surface area contributed by atoms with Crippen molar-refractivity contribution in [3.63, 3.8) is 0 Å². The predicted octanol–water partition coefficient (Wildman–Crippen LogP) is 4.06. The van der Waals surface area contributed by atoms with Gasteiger partial charge in [0, 0.05) is 27.4 Å². The van der Waals surface area contributed by atoms with E-state index in [4.69, 9.17) is 4.74 Å². The highest BCUT2D eigenvalue weighted by atomic mass is 79.9. The number of nitro groups is 1. The molecule has 1 saturated carbocycles. The Labute approximate surface area is 210 Å². The van der Waals surface area contributed by atoms with Gasteiger partial charge in [0.25, 0.3) is 5.69 Å². The van der Waals surface area contributed by atoms with Gasteiger partial charge in [-0.3, -0.25) is 29.4 Å². The summed E-state index contributed by atoms with van der Waals surface area (Å²) in [5.74, 6) is -2.62. The predicted molar refractivity (Wildman–Crippen MR) is 128 cm³/mol. The van der Waals surface area contributed by atoms with E-state index in [1.165, 1.54) is 47.4 Å². The maximum Gasteiger partial charge on any atom is 0.338 e. The van der Waals surface area contributed by atoms with Gasteiger partial charge in [0.15, 0.2) is 6.61 Å². The zero-order chi connectivity index (χ0) is 24.6. The number of Topliss-reactive ketones (excluding diaryl/α,β-unsaturated/α-hetero) is 1. The van der Waals surface area contributed by atoms with Crippen LogP contribution in [0.25, 0.3) is 0 Å². The number of halogens is 2. The molecule has 1 aliphatic heterocycles. The van der Waals surface area contributed by atoms with Crippen molar-refractivity contribution < 1.29 is 28.8 Å². The highest BCUT2D eigenvalue weighted by molar-refractivity contribution is 9.12. The molecule has 0 spiro atoms. The highest BCUT2D eigenvalue weighted by Gasteiger charge is 2.52. The zero-order valence-corrected chi connectivity index (χ0v) is 20.7. The molecule has 1 saturated heterocycles. The standard InChI is InChI=1S/C23H18Br2N2O7/c24-18-9-16-17(10-19(18)25)22(30)26(21(16)29)14-6-4-12(5-7-14)23(31)34-11-20(28)13-2-1-3-15(8-13)27(32)33/h1-8,16-19H,9-11H2/t16-,17+,18-,19-/m0/s1. The molecule has 2 aliphatic rings. The average molecular weight is 594 g/mol. The number of carbonyl (C=O) groups excluding carboxylic acids is 4. The number of ether oxygens (including phenoxy) is 1. The first-order valence-electron chi connectivity index (χ1n) is 10.4. The van der Waals surface area contributed by atoms with Gasteiger partial charge in [-0.05, 0) is 37.1 Å². The SMILES string of the molecule is O=C(COC(=O)c1ccc(N2C(=O)[C@H]3C[C@H](Br)[C@@H](Br)C[C@H]3C2=O)cc1)c1cccc([N+](=O)[O-])c1. The maximum absolute atomic E-state index is 12.9. The van der Waals surface area contributed by atoms with Crippen molar-refractivity contribution in [3.8, 4) is 0 Å². The number of alkyl halides is 2. The van der Waals surface area contributed by atoms with E-state index in [9.17, 15) is 29.3 Å². The fraction of sp³-hybridized carbons (Fsp3) is 0.304. The number of hydrogen-bond donors (Lipinski definition) is 0. The number of carbonyl (C=O) groups is 4. The summed E-state index contributed by atoms with van der Waals surface area (Å²) in [5, 5.41) is 10.9. The number of fused-ring (bicyclic) bond motifs is 1. The molecule has 1 aliphatic carbocycles. The van der Waals surface area contributed by atoms with Gasteiger partial charge in [0.05, 0.1) is 28.0 Å². The van der Waals surface area contributed by atoms with Gasteiger partial charge in [0.2, 0.25) is 17.6 Å². The van der Waals surface area contributed by atoms with Crippen LogP contribution in [-0.4, -0.2) is 44.8 Å². The van der Waals surface area contributed by atoms with Gasteiger partial charge in [-0.25, -0.2) is 4.79 Å². The van der Waals surface area contributed by atoms with Crippen LogP contribution in [0.2, 0.25) is 0 Å². The molecular formula is C23H18Br2N2O7. The summed E-state index contributed by atoms with van der Waals surface area (Å²) in [4.78, 5) is 62.0. The first-order chi connectivity index (χ1) is 16.2. The van der Waals surface area contributed by atoms with Crippen LogP contribution in [0.5, 0.6) is 0 Å². The number of nitro benzene ring substituents is 1. The third kappa shape index (κ3) is 4.67. The third-order valence-corrected chi connectivity index (χ3v) is 8.72. The summed E-state index contributed by atoms with van der Waals surface area (Å²) in [7, 11) is 0. The van der Waals surface area contributed by atoms with Crippen LogP contribution in [0.15, 0.2) is 48.5 Å². The normalized spacial score (nSPS) is 24.0. The smallest absolute Gasteiger partial charge is 0.338 e. The fourth-order valence-corrected chi connectivity index (χ4v) is 5.42. The number of non-ortho nitro benzene ring substituents is 1. The van der Waals surface area contributed by atoms with E-state index in [1.807, 2.05) is 0 Å². The number of anilines is 1. The number of nitrogens with zero attached hydrogens (tertiary/aromatic N) is 2. The number of amides is 2. The Balaban J connectivity index is 1.41. The molecule has 9 nitrogen and oxygen atoms in total. The van der Waals surface area contributed by atoms with E-state index in [0.717, 1.165) is 6.07 Å². The molecule has 2 amide bonds. The Morgan fingerprint density at radius 3 is 2.12 bits per heavy atom. The van der Waals surface area contributed by atoms with E-state index in [1.54, 1.807) is 0 Å². The van der Waals surface area contributed by atoms with E-state index >= 15 is 0 Å². The second-order valence-corrected chi connectivity index (χ2v) is 10.4. The Bertz CT molecular complexity index is 1160. The quantitative estimate of drug-likeness (QED) is 0.123. The van der Waals surface area contributed by atoms with E-state index < -0.39 is 23.3 Å². The maximum atomic E-state index is 12.9. The second-order valence-electron chi connectivity index (χ2n) is 8.08. The van der Waals surface area contributed by atoms with Gasteiger partial charge in [-0.1, -0.05) is 44.0 Å². The molecule has 2 aromatic rings. The Hall–Kier alpha value is -2.92. The lowest BCUT2D eigenvalue weighted by molar-refractivity contribution is -0.384. The van der Waals surface area contributed by atoms with E-state index in [-0.39, 0.29) is 50.1 Å². The van der Waals surface area contributed by atoms with Crippen LogP contribution < -0.4 is 4.90 Å². The molecule has 2 fully saturated rings. The summed E-state index contributed by atoms with van der Waals surface area (Å²) < 4.78 is 5.04. The second kappa shape index (κ2) is 9.75. The summed E-state index contributed by atoms with van der Waals surface area (Å²) in [6, 6.07) is 11.0. The molecule has 1 heterocycles. The minimum Gasteiger partial charge on any atom is -0.454 e. The molecule has 0 aromatic heterocycles. The molecule has 4 rings (SSSR count). The van der Waals surface area contributed by atoms with Crippen molar-refractivity contribution in [2.75, 3.05) is 11.5 Å². The molecule has 4 atom stereocenters. The van der Waals surface area contributed by atoms with Crippen molar-refractivity contribution in [2.24, 2.45) is 11.8 Å². The van der Waals surface area contributed by atoms with E-state index in [0.29, 0.717) is 18.5 Å². The molecular weight excluding hydrogens is 576 g/mol. The first-order valence-corrected chi connectivity index (χ1v) is 12.2. The highest BCUT2D eigenvalue weighted by Crippen LogP contribution is 2.44. The Morgan fingerprint density at radius 1 is 0.971 bits per heavy atom. The number of hydrogen-bond acceptors (Lipinski definition) is 7. The van der Waals surface area contributed by atoms with Gasteiger partial charge in [0.1, 0.15) is 0 Å². The van der Waals surface area contributed by atoms with Gasteiger partial charge in [-0.15, -0.1) is 0 Å². The van der Waals surface area contributed by atoms with Crippen LogP contribution in [0.3, 0.4) is 0 Å². The molecule has 0 N–H and O–H groups in total. The molecule has 11 heteroatoms. The van der Waals surface area contributed by atoms with Crippen LogP contribution in [0.4, 0.5) is 11.4 Å². The van der Waals surface area contributed by atoms with Crippen LogP contribution in [-0.2, 0) is 14.3 Å². The van der Waals surface area contributed by atoms with Gasteiger partial charge >= 0.3 is 5.97 Å². The lowest BCUT2D eigenvalue weighted by Crippen LogP contribution is -2.34. The molecule has 34 heavy (non-hydrogen) atoms. The molecule has 0 radical (unpaired) electrons. The number of ketones is 1. The topological polar surface area (TPSA) is 124 Å². The number of esters is 1. The summed E-state index contributed by atoms with van der Waals surface area (Å²) in [6.07, 6.45) is 1.12.